The van der Waals surface area contributed by atoms with Crippen LogP contribution in [0.3, 0.4) is 0 Å². The summed E-state index contributed by atoms with van der Waals surface area (Å²) in [5, 5.41) is 2.55. The number of ether oxygens (including phenoxy) is 1. The summed E-state index contributed by atoms with van der Waals surface area (Å²) in [5.41, 5.74) is 0.352. The molecule has 124 valence electrons. The van der Waals surface area contributed by atoms with Gasteiger partial charge >= 0.3 is 6.09 Å². The highest BCUT2D eigenvalue weighted by atomic mass is 19.2. The molecule has 2 aliphatic heterocycles. The molecule has 0 aliphatic carbocycles. The van der Waals surface area contributed by atoms with Gasteiger partial charge in [-0.15, -0.1) is 5.12 Å². The van der Waals surface area contributed by atoms with Crippen LogP contribution >= 0.6 is 0 Å². The Bertz CT molecular complexity index is 608. The third-order valence-electron chi connectivity index (χ3n) is 3.93. The highest BCUT2D eigenvalue weighted by Crippen LogP contribution is 2.33. The summed E-state index contributed by atoms with van der Waals surface area (Å²) in [6, 6.07) is 0.554. The van der Waals surface area contributed by atoms with Gasteiger partial charge in [0.2, 0.25) is 11.9 Å². The minimum atomic E-state index is -1.08. The summed E-state index contributed by atoms with van der Waals surface area (Å²) in [6.45, 7) is 3.08. The molecule has 2 saturated heterocycles. The molecule has 23 heavy (non-hydrogen) atoms. The molecule has 0 spiro atoms. The largest absolute Gasteiger partial charge is 0.440 e. The van der Waals surface area contributed by atoms with Gasteiger partial charge in [-0.05, 0) is 18.9 Å². The van der Waals surface area contributed by atoms with Crippen molar-refractivity contribution in [1.29, 1.82) is 0 Å². The maximum absolute atomic E-state index is 14.1. The first-order chi connectivity index (χ1) is 11.1. The average molecular weight is 323 g/mol. The van der Waals surface area contributed by atoms with E-state index in [9.17, 15) is 14.1 Å². The fourth-order valence-corrected chi connectivity index (χ4v) is 2.80. The lowest BCUT2D eigenvalue weighted by atomic mass is 10.1. The summed E-state index contributed by atoms with van der Waals surface area (Å²) in [6.07, 6.45) is 1.77. The molecule has 3 heterocycles. The number of nitrogens with zero attached hydrogens (tertiary/aromatic N) is 4. The third kappa shape index (κ3) is 3.17. The van der Waals surface area contributed by atoms with Crippen LogP contribution in [0, 0.1) is 0 Å². The van der Waals surface area contributed by atoms with Gasteiger partial charge in [0.1, 0.15) is 12.1 Å². The van der Waals surface area contributed by atoms with Gasteiger partial charge in [-0.3, -0.25) is 4.79 Å². The Kier molecular flexibility index (Phi) is 4.26. The van der Waals surface area contributed by atoms with Gasteiger partial charge in [0.15, 0.2) is 0 Å². The normalized spacial score (nSPS) is 24.0. The second-order valence-electron chi connectivity index (χ2n) is 5.59. The molecule has 2 amide bonds. The molecule has 2 aliphatic rings. The van der Waals surface area contributed by atoms with E-state index in [1.807, 2.05) is 4.90 Å². The molecule has 2 fully saturated rings. The Balaban J connectivity index is 1.83. The lowest BCUT2D eigenvalue weighted by Gasteiger charge is -2.20. The van der Waals surface area contributed by atoms with E-state index in [1.165, 1.54) is 6.92 Å². The predicted octanol–water partition coefficient (Wildman–Crippen LogP) is 0.959. The summed E-state index contributed by atoms with van der Waals surface area (Å²) >= 11 is 0. The van der Waals surface area contributed by atoms with Crippen LogP contribution in [0.1, 0.15) is 31.5 Å². The van der Waals surface area contributed by atoms with Crippen LogP contribution in [-0.2, 0) is 9.53 Å². The van der Waals surface area contributed by atoms with Gasteiger partial charge in [-0.25, -0.2) is 14.8 Å². The molecule has 1 aromatic rings. The van der Waals surface area contributed by atoms with Crippen molar-refractivity contribution in [2.45, 2.75) is 31.9 Å². The molecule has 0 bridgehead atoms. The molecule has 1 aromatic heterocycles. The molecule has 3 rings (SSSR count). The molecule has 0 aromatic carbocycles. The highest BCUT2D eigenvalue weighted by molar-refractivity contribution is 5.73. The molecule has 2 atom stereocenters. The summed E-state index contributed by atoms with van der Waals surface area (Å²) in [5.74, 6) is 0.239. The Morgan fingerprint density at radius 3 is 2.91 bits per heavy atom. The van der Waals surface area contributed by atoms with E-state index >= 15 is 0 Å². The number of aromatic nitrogens is 2. The van der Waals surface area contributed by atoms with Gasteiger partial charge in [0, 0.05) is 26.2 Å². The van der Waals surface area contributed by atoms with Crippen molar-refractivity contribution in [3.05, 3.63) is 18.0 Å². The van der Waals surface area contributed by atoms with Crippen LogP contribution in [-0.4, -0.2) is 52.8 Å². The maximum atomic E-state index is 14.1. The van der Waals surface area contributed by atoms with E-state index in [0.717, 1.165) is 25.9 Å². The number of hydrogen-bond acceptors (Lipinski definition) is 6. The van der Waals surface area contributed by atoms with Crippen molar-refractivity contribution in [3.8, 4) is 0 Å². The number of amides is 2. The number of cyclic esters (lactones) is 1. The number of halogens is 1. The van der Waals surface area contributed by atoms with Gasteiger partial charge in [0.05, 0.1) is 12.2 Å². The standard InChI is InChI=1S/C14H18FN5O3/c1-9(21)17-8-11-12(20(15)14(22)23-11)10-4-5-16-13(18-10)19-6-2-3-7-19/h4-5,11-12H,2-3,6-8H2,1H3,(H,17,21)/t11-,12?/m0/s1. The van der Waals surface area contributed by atoms with E-state index < -0.39 is 18.2 Å². The van der Waals surface area contributed by atoms with E-state index in [4.69, 9.17) is 4.74 Å². The van der Waals surface area contributed by atoms with E-state index in [2.05, 4.69) is 15.3 Å². The summed E-state index contributed by atoms with van der Waals surface area (Å²) in [7, 11) is 0. The molecule has 1 N–H and O–H groups in total. The Morgan fingerprint density at radius 1 is 1.48 bits per heavy atom. The van der Waals surface area contributed by atoms with Crippen molar-refractivity contribution in [2.24, 2.45) is 0 Å². The zero-order valence-corrected chi connectivity index (χ0v) is 12.7. The lowest BCUT2D eigenvalue weighted by molar-refractivity contribution is -0.119. The smallest absolute Gasteiger partial charge is 0.439 e. The van der Waals surface area contributed by atoms with E-state index in [1.54, 1.807) is 12.3 Å². The highest BCUT2D eigenvalue weighted by Gasteiger charge is 2.45. The first-order valence-corrected chi connectivity index (χ1v) is 7.54. The van der Waals surface area contributed by atoms with Crippen LogP contribution in [0.4, 0.5) is 15.2 Å². The minimum absolute atomic E-state index is 0.0164. The number of nitrogens with one attached hydrogen (secondary N) is 1. The Hall–Kier alpha value is -2.45. The topological polar surface area (TPSA) is 87.7 Å². The first kappa shape index (κ1) is 15.4. The average Bonchev–Trinajstić information content (AvgIpc) is 3.15. The van der Waals surface area contributed by atoms with Crippen molar-refractivity contribution in [1.82, 2.24) is 20.4 Å². The quantitative estimate of drug-likeness (QED) is 0.831. The van der Waals surface area contributed by atoms with Crippen molar-refractivity contribution < 1.29 is 18.8 Å². The summed E-state index contributed by atoms with van der Waals surface area (Å²) < 4.78 is 19.1. The molecule has 0 saturated carbocycles. The Morgan fingerprint density at radius 2 is 2.22 bits per heavy atom. The zero-order chi connectivity index (χ0) is 16.4. The number of carbonyl (C=O) groups excluding carboxylic acids is 2. The summed E-state index contributed by atoms with van der Waals surface area (Å²) in [4.78, 5) is 33.2. The molecular formula is C14H18FN5O3. The SMILES string of the molecule is CC(=O)NC[C@@H]1OC(=O)N(F)C1c1ccnc(N2CCCC2)n1. The number of hydrogen-bond donors (Lipinski definition) is 1. The van der Waals surface area contributed by atoms with E-state index in [-0.39, 0.29) is 17.6 Å². The Labute approximate surface area is 132 Å². The van der Waals surface area contributed by atoms with Gasteiger partial charge < -0.3 is 15.0 Å². The van der Waals surface area contributed by atoms with Crippen molar-refractivity contribution in [3.63, 3.8) is 0 Å². The van der Waals surface area contributed by atoms with Crippen LogP contribution in [0.2, 0.25) is 0 Å². The molecule has 8 nitrogen and oxygen atoms in total. The maximum Gasteiger partial charge on any atom is 0.439 e. The van der Waals surface area contributed by atoms with Crippen LogP contribution in [0.25, 0.3) is 0 Å². The molecule has 0 radical (unpaired) electrons. The fourth-order valence-electron chi connectivity index (χ4n) is 2.80. The number of carbonyl (C=O) groups is 2. The minimum Gasteiger partial charge on any atom is -0.440 e. The molecule has 9 heteroatoms. The van der Waals surface area contributed by atoms with E-state index in [0.29, 0.717) is 11.6 Å². The predicted molar refractivity (Wildman–Crippen MR) is 78.1 cm³/mol. The van der Waals surface area contributed by atoms with Gasteiger partial charge in [-0.1, -0.05) is 4.48 Å². The van der Waals surface area contributed by atoms with Crippen LogP contribution in [0.15, 0.2) is 12.3 Å². The van der Waals surface area contributed by atoms with Crippen molar-refractivity contribution in [2.75, 3.05) is 24.5 Å². The lowest BCUT2D eigenvalue weighted by Crippen LogP contribution is -2.35. The zero-order valence-electron chi connectivity index (χ0n) is 12.7. The van der Waals surface area contributed by atoms with Crippen LogP contribution < -0.4 is 10.2 Å². The first-order valence-electron chi connectivity index (χ1n) is 7.54. The second-order valence-corrected chi connectivity index (χ2v) is 5.59. The van der Waals surface area contributed by atoms with Crippen molar-refractivity contribution >= 4 is 17.9 Å². The molecule has 1 unspecified atom stereocenters. The number of rotatable bonds is 4. The second kappa shape index (κ2) is 6.35. The van der Waals surface area contributed by atoms with Gasteiger partial charge in [-0.2, -0.15) is 0 Å². The number of anilines is 1. The van der Waals surface area contributed by atoms with Crippen LogP contribution in [0.5, 0.6) is 0 Å². The van der Waals surface area contributed by atoms with Gasteiger partial charge in [0.25, 0.3) is 0 Å². The monoisotopic (exact) mass is 323 g/mol. The molecular weight excluding hydrogens is 305 g/mol. The third-order valence-corrected chi connectivity index (χ3v) is 3.93. The fraction of sp³-hybridized carbons (Fsp3) is 0.571.